The summed E-state index contributed by atoms with van der Waals surface area (Å²) >= 11 is 1.85. The second-order valence-corrected chi connectivity index (χ2v) is 12.3. The fraction of sp³-hybridized carbons (Fsp3) is 0.783. The minimum atomic E-state index is 0.00694. The summed E-state index contributed by atoms with van der Waals surface area (Å²) in [5, 5.41) is 15.4. The number of nitrogens with two attached hydrogens (primary N) is 1. The Morgan fingerprint density at radius 2 is 1.24 bits per heavy atom. The zero-order valence-corrected chi connectivity index (χ0v) is 22.9. The molecule has 0 radical (unpaired) electrons. The van der Waals surface area contributed by atoms with Crippen molar-refractivity contribution in [1.29, 1.82) is 0 Å². The third-order valence-electron chi connectivity index (χ3n) is 6.85. The molecule has 0 amide bonds. The molecule has 33 heavy (non-hydrogen) atoms. The van der Waals surface area contributed by atoms with E-state index in [2.05, 4.69) is 33.4 Å². The SMILES string of the molecule is NCCSc1cc2nc(c1)CN[C@@H]1CCCC[C@H]1NCCN[C@@H]1CCCC[C@H]1NC2.[Cl][Mn][Cl]. The summed E-state index contributed by atoms with van der Waals surface area (Å²) in [5.41, 5.74) is 8.07. The molecule has 2 fully saturated rings. The van der Waals surface area contributed by atoms with Crippen LogP contribution >= 0.6 is 32.0 Å². The third-order valence-corrected chi connectivity index (χ3v) is 7.86. The van der Waals surface area contributed by atoms with Crippen LogP contribution in [0.4, 0.5) is 0 Å². The van der Waals surface area contributed by atoms with E-state index in [1.807, 2.05) is 11.8 Å². The molecule has 6 nitrogen and oxygen atoms in total. The predicted molar refractivity (Wildman–Crippen MR) is 137 cm³/mol. The Labute approximate surface area is 218 Å². The molecule has 4 atom stereocenters. The van der Waals surface area contributed by atoms with Crippen molar-refractivity contribution in [2.75, 3.05) is 25.4 Å². The number of nitrogens with zero attached hydrogens (tertiary/aromatic N) is 1. The molecule has 10 heteroatoms. The zero-order chi connectivity index (χ0) is 23.3. The number of aromatic nitrogens is 1. The number of thioether (sulfide) groups is 1. The van der Waals surface area contributed by atoms with Gasteiger partial charge in [-0.1, -0.05) is 25.7 Å². The number of fused-ring (bicyclic) bond motifs is 4. The van der Waals surface area contributed by atoms with Crippen molar-refractivity contribution < 1.29 is 13.1 Å². The number of rotatable bonds is 3. The normalized spacial score (nSPS) is 28.8. The van der Waals surface area contributed by atoms with Crippen LogP contribution in [0.25, 0.3) is 0 Å². The van der Waals surface area contributed by atoms with Crippen molar-refractivity contribution in [1.82, 2.24) is 26.3 Å². The average Bonchev–Trinajstić information content (AvgIpc) is 2.84. The Hall–Kier alpha value is 0.399. The van der Waals surface area contributed by atoms with E-state index in [4.69, 9.17) is 30.9 Å². The van der Waals surface area contributed by atoms with Crippen LogP contribution in [0.1, 0.15) is 62.8 Å². The molecule has 3 aliphatic rings. The van der Waals surface area contributed by atoms with E-state index in [9.17, 15) is 0 Å². The Bertz CT molecular complexity index is 640. The molecule has 4 rings (SSSR count). The number of halogens is 2. The monoisotopic (exact) mass is 557 g/mol. The van der Waals surface area contributed by atoms with Crippen LogP contribution in [0.2, 0.25) is 0 Å². The second-order valence-electron chi connectivity index (χ2n) is 9.14. The fourth-order valence-electron chi connectivity index (χ4n) is 5.29. The molecule has 0 saturated heterocycles. The standard InChI is InChI=1S/C23H40N6S.2ClH.Mn/c24-9-12-30-19-13-17-15-27-22-7-3-1-5-20(22)25-10-11-26-21-6-2-4-8-23(21)28-16-18(14-19)29-17;;;/h13-14,20-23,25-28H,1-12,15-16,24H2;2*1H;/q;;;+2/p-2/t20-,21-,22-,23-;;;/m1.../s1. The summed E-state index contributed by atoms with van der Waals surface area (Å²) in [5.74, 6) is 0.951. The fourth-order valence-corrected chi connectivity index (χ4v) is 6.08. The van der Waals surface area contributed by atoms with Gasteiger partial charge in [0.25, 0.3) is 0 Å². The van der Waals surface area contributed by atoms with Crippen molar-refractivity contribution in [2.24, 2.45) is 5.73 Å². The quantitative estimate of drug-likeness (QED) is 0.287. The molecule has 2 aliphatic carbocycles. The van der Waals surface area contributed by atoms with Crippen molar-refractivity contribution >= 4 is 32.0 Å². The molecule has 2 saturated carbocycles. The topological polar surface area (TPSA) is 87.0 Å². The summed E-state index contributed by atoms with van der Waals surface area (Å²) in [6.07, 6.45) is 10.4. The molecular weight excluding hydrogens is 518 g/mol. The summed E-state index contributed by atoms with van der Waals surface area (Å²) in [6.45, 7) is 4.50. The van der Waals surface area contributed by atoms with E-state index in [1.54, 1.807) is 0 Å². The molecule has 1 aliphatic heterocycles. The molecule has 0 unspecified atom stereocenters. The Balaban J connectivity index is 0.000000968. The van der Waals surface area contributed by atoms with Crippen molar-refractivity contribution in [2.45, 2.75) is 93.5 Å². The Kier molecular flexibility index (Phi) is 13.7. The summed E-state index contributed by atoms with van der Waals surface area (Å²) in [6, 6.07) is 6.72. The maximum absolute atomic E-state index is 5.76. The Morgan fingerprint density at radius 3 is 1.67 bits per heavy atom. The molecule has 0 spiro atoms. The van der Waals surface area contributed by atoms with E-state index >= 15 is 0 Å². The van der Waals surface area contributed by atoms with E-state index < -0.39 is 0 Å². The maximum atomic E-state index is 5.76. The van der Waals surface area contributed by atoms with Gasteiger partial charge < -0.3 is 27.0 Å². The van der Waals surface area contributed by atoms with Crippen LogP contribution in [0.15, 0.2) is 17.0 Å². The van der Waals surface area contributed by atoms with E-state index in [1.165, 1.54) is 56.3 Å². The molecular formula is C23H40Cl2MnN6S. The Morgan fingerprint density at radius 1 is 0.818 bits per heavy atom. The molecule has 2 bridgehead atoms. The van der Waals surface area contributed by atoms with Gasteiger partial charge in [-0.2, -0.15) is 0 Å². The van der Waals surface area contributed by atoms with E-state index in [0.29, 0.717) is 30.7 Å². The van der Waals surface area contributed by atoms with Gasteiger partial charge in [0.2, 0.25) is 0 Å². The van der Waals surface area contributed by atoms with Gasteiger partial charge in [-0.3, -0.25) is 4.98 Å². The van der Waals surface area contributed by atoms with Crippen LogP contribution < -0.4 is 27.0 Å². The van der Waals surface area contributed by atoms with Gasteiger partial charge in [-0.25, -0.2) is 0 Å². The second kappa shape index (κ2) is 16.2. The van der Waals surface area contributed by atoms with Crippen molar-refractivity contribution in [3.8, 4) is 0 Å². The van der Waals surface area contributed by atoms with Gasteiger partial charge in [0, 0.05) is 67.5 Å². The summed E-state index contributed by atoms with van der Waals surface area (Å²) in [7, 11) is 9.59. The van der Waals surface area contributed by atoms with E-state index in [0.717, 1.165) is 43.3 Å². The molecule has 2 heterocycles. The van der Waals surface area contributed by atoms with Gasteiger partial charge in [0.1, 0.15) is 0 Å². The number of nitrogens with one attached hydrogen (secondary N) is 4. The summed E-state index contributed by atoms with van der Waals surface area (Å²) in [4.78, 5) is 6.31. The molecule has 1 aromatic heterocycles. The van der Waals surface area contributed by atoms with Gasteiger partial charge >= 0.3 is 33.3 Å². The van der Waals surface area contributed by atoms with Gasteiger partial charge in [-0.05, 0) is 37.8 Å². The van der Waals surface area contributed by atoms with Gasteiger partial charge in [0.15, 0.2) is 0 Å². The molecule has 1 aromatic rings. The minimum absolute atomic E-state index is 0.00694. The first-order valence-electron chi connectivity index (χ1n) is 12.4. The van der Waals surface area contributed by atoms with Gasteiger partial charge in [-0.15, -0.1) is 11.8 Å². The molecule has 0 aromatic carbocycles. The molecule has 189 valence electrons. The van der Waals surface area contributed by atoms with Gasteiger partial charge in [0.05, 0.1) is 11.4 Å². The van der Waals surface area contributed by atoms with Crippen molar-refractivity contribution in [3.05, 3.63) is 23.5 Å². The third kappa shape index (κ3) is 9.76. The number of hydrogen-bond donors (Lipinski definition) is 5. The van der Waals surface area contributed by atoms with Crippen LogP contribution in [-0.4, -0.2) is 54.5 Å². The van der Waals surface area contributed by atoms with Crippen LogP contribution in [0.3, 0.4) is 0 Å². The first kappa shape index (κ1) is 28.0. The van der Waals surface area contributed by atoms with Crippen molar-refractivity contribution in [3.63, 3.8) is 0 Å². The number of hydrogen-bond acceptors (Lipinski definition) is 7. The van der Waals surface area contributed by atoms with E-state index in [-0.39, 0.29) is 13.1 Å². The number of pyridine rings is 1. The zero-order valence-electron chi connectivity index (χ0n) is 19.4. The predicted octanol–water partition coefficient (Wildman–Crippen LogP) is 3.50. The average molecular weight is 559 g/mol. The molecule has 6 N–H and O–H groups in total. The van der Waals surface area contributed by atoms with Crippen LogP contribution in [0, 0.1) is 0 Å². The first-order chi connectivity index (χ1) is 16.2. The summed E-state index contributed by atoms with van der Waals surface area (Å²) < 4.78 is 0. The van der Waals surface area contributed by atoms with Crippen LogP contribution in [0.5, 0.6) is 0 Å². The van der Waals surface area contributed by atoms with Crippen LogP contribution in [-0.2, 0) is 26.2 Å². The first-order valence-corrected chi connectivity index (χ1v) is 16.6.